The Morgan fingerprint density at radius 1 is 1.33 bits per heavy atom. The largest absolute Gasteiger partial charge is 0.390 e. The van der Waals surface area contributed by atoms with E-state index in [4.69, 9.17) is 11.6 Å². The number of nitrogens with one attached hydrogen (secondary N) is 1. The van der Waals surface area contributed by atoms with Gasteiger partial charge < -0.3 is 5.32 Å². The normalized spacial score (nSPS) is 11.5. The molecule has 0 saturated heterocycles. The summed E-state index contributed by atoms with van der Waals surface area (Å²) in [4.78, 5) is 0. The Labute approximate surface area is 98.7 Å². The van der Waals surface area contributed by atoms with Crippen LogP contribution in [0.4, 0.5) is 18.9 Å². The fourth-order valence-corrected chi connectivity index (χ4v) is 1.71. The number of hydrogen-bond donors (Lipinski definition) is 1. The Bertz CT molecular complexity index is 341. The molecule has 1 rings (SSSR count). The van der Waals surface area contributed by atoms with E-state index in [0.717, 1.165) is 4.47 Å². The first-order valence-electron chi connectivity index (χ1n) is 4.14. The summed E-state index contributed by atoms with van der Waals surface area (Å²) in [6.45, 7) is -0.176. The van der Waals surface area contributed by atoms with Gasteiger partial charge in [-0.15, -0.1) is 0 Å². The van der Waals surface area contributed by atoms with E-state index in [9.17, 15) is 13.2 Å². The van der Waals surface area contributed by atoms with E-state index in [1.165, 1.54) is 0 Å². The van der Waals surface area contributed by atoms with Gasteiger partial charge in [0.2, 0.25) is 0 Å². The summed E-state index contributed by atoms with van der Waals surface area (Å²) in [5, 5.41) is 3.02. The molecular formula is C9H8BrClF3N. The summed E-state index contributed by atoms with van der Waals surface area (Å²) < 4.78 is 36.3. The molecule has 0 aliphatic heterocycles. The van der Waals surface area contributed by atoms with Crippen LogP contribution in [0.3, 0.4) is 0 Å². The van der Waals surface area contributed by atoms with Crippen molar-refractivity contribution in [1.82, 2.24) is 0 Å². The molecule has 15 heavy (non-hydrogen) atoms. The van der Waals surface area contributed by atoms with E-state index in [2.05, 4.69) is 21.2 Å². The van der Waals surface area contributed by atoms with Crippen LogP contribution in [0, 0.1) is 0 Å². The van der Waals surface area contributed by atoms with Crippen molar-refractivity contribution >= 4 is 33.2 Å². The van der Waals surface area contributed by atoms with Crippen LogP contribution in [-0.2, 0) is 0 Å². The lowest BCUT2D eigenvalue weighted by Gasteiger charge is -2.10. The monoisotopic (exact) mass is 301 g/mol. The summed E-state index contributed by atoms with van der Waals surface area (Å²) >= 11 is 9.01. The highest BCUT2D eigenvalue weighted by molar-refractivity contribution is 9.10. The van der Waals surface area contributed by atoms with Crippen molar-refractivity contribution in [1.29, 1.82) is 0 Å². The zero-order chi connectivity index (χ0) is 11.5. The minimum Gasteiger partial charge on any atom is -0.384 e. The maximum atomic E-state index is 11.8. The molecule has 0 radical (unpaired) electrons. The van der Waals surface area contributed by atoms with Crippen LogP contribution in [0.15, 0.2) is 22.7 Å². The third kappa shape index (κ3) is 4.75. The highest BCUT2D eigenvalue weighted by atomic mass is 79.9. The van der Waals surface area contributed by atoms with Crippen LogP contribution in [-0.4, -0.2) is 12.7 Å². The van der Waals surface area contributed by atoms with Gasteiger partial charge in [0, 0.05) is 11.0 Å². The van der Waals surface area contributed by atoms with Gasteiger partial charge >= 0.3 is 6.18 Å². The SMILES string of the molecule is FC(F)(F)CCNc1ccc(Br)cc1Cl. The van der Waals surface area contributed by atoms with Gasteiger partial charge in [0.25, 0.3) is 0 Å². The molecule has 0 unspecified atom stereocenters. The molecular weight excluding hydrogens is 294 g/mol. The summed E-state index contributed by atoms with van der Waals surface area (Å²) in [5.74, 6) is 0. The Balaban J connectivity index is 2.51. The molecule has 0 amide bonds. The van der Waals surface area contributed by atoms with Gasteiger partial charge in [-0.2, -0.15) is 13.2 Å². The number of anilines is 1. The number of halogens is 5. The highest BCUT2D eigenvalue weighted by Crippen LogP contribution is 2.26. The maximum Gasteiger partial charge on any atom is 0.390 e. The molecule has 0 aliphatic rings. The van der Waals surface area contributed by atoms with Crippen LogP contribution in [0.2, 0.25) is 5.02 Å². The van der Waals surface area contributed by atoms with Gasteiger partial charge in [0.15, 0.2) is 0 Å². The molecule has 0 spiro atoms. The first-order valence-corrected chi connectivity index (χ1v) is 5.31. The van der Waals surface area contributed by atoms with Gasteiger partial charge in [-0.05, 0) is 18.2 Å². The van der Waals surface area contributed by atoms with Crippen molar-refractivity contribution in [3.8, 4) is 0 Å². The molecule has 0 saturated carbocycles. The molecule has 0 heterocycles. The van der Waals surface area contributed by atoms with Crippen LogP contribution < -0.4 is 5.32 Å². The van der Waals surface area contributed by atoms with Crippen LogP contribution in [0.25, 0.3) is 0 Å². The number of rotatable bonds is 3. The second-order valence-corrected chi connectivity index (χ2v) is 4.24. The van der Waals surface area contributed by atoms with Crippen molar-refractivity contribution in [3.63, 3.8) is 0 Å². The molecule has 1 nitrogen and oxygen atoms in total. The van der Waals surface area contributed by atoms with Crippen LogP contribution >= 0.6 is 27.5 Å². The fraction of sp³-hybridized carbons (Fsp3) is 0.333. The first kappa shape index (κ1) is 12.6. The molecule has 1 N–H and O–H groups in total. The first-order chi connectivity index (χ1) is 6.88. The second-order valence-electron chi connectivity index (χ2n) is 2.92. The average Bonchev–Trinajstić information content (AvgIpc) is 2.07. The van der Waals surface area contributed by atoms with Crippen molar-refractivity contribution in [2.45, 2.75) is 12.6 Å². The van der Waals surface area contributed by atoms with E-state index in [1.807, 2.05) is 0 Å². The van der Waals surface area contributed by atoms with Crippen molar-refractivity contribution < 1.29 is 13.2 Å². The van der Waals surface area contributed by atoms with Gasteiger partial charge in [0.05, 0.1) is 17.1 Å². The molecule has 0 fully saturated rings. The lowest BCUT2D eigenvalue weighted by molar-refractivity contribution is -0.131. The Morgan fingerprint density at radius 2 is 2.00 bits per heavy atom. The number of hydrogen-bond acceptors (Lipinski definition) is 1. The molecule has 6 heteroatoms. The molecule has 1 aromatic carbocycles. The topological polar surface area (TPSA) is 12.0 Å². The van der Waals surface area contributed by atoms with Crippen molar-refractivity contribution in [3.05, 3.63) is 27.7 Å². The van der Waals surface area contributed by atoms with E-state index in [1.54, 1.807) is 18.2 Å². The quantitative estimate of drug-likeness (QED) is 0.869. The van der Waals surface area contributed by atoms with Crippen LogP contribution in [0.1, 0.15) is 6.42 Å². The predicted octanol–water partition coefficient (Wildman–Crippen LogP) is 4.47. The summed E-state index contributed by atoms with van der Waals surface area (Å²) in [6.07, 6.45) is -5.02. The smallest absolute Gasteiger partial charge is 0.384 e. The molecule has 0 aromatic heterocycles. The molecule has 1 aromatic rings. The van der Waals surface area contributed by atoms with Crippen molar-refractivity contribution in [2.24, 2.45) is 0 Å². The Hall–Kier alpha value is -0.420. The molecule has 0 aliphatic carbocycles. The maximum absolute atomic E-state index is 11.8. The van der Waals surface area contributed by atoms with Gasteiger partial charge in [-0.1, -0.05) is 27.5 Å². The third-order valence-electron chi connectivity index (χ3n) is 1.66. The number of benzene rings is 1. The van der Waals surface area contributed by atoms with Gasteiger partial charge in [0.1, 0.15) is 0 Å². The van der Waals surface area contributed by atoms with E-state index >= 15 is 0 Å². The van der Waals surface area contributed by atoms with E-state index < -0.39 is 12.6 Å². The standard InChI is InChI=1S/C9H8BrClF3N/c10-6-1-2-8(7(11)5-6)15-4-3-9(12,13)14/h1-2,5,15H,3-4H2. The second kappa shape index (κ2) is 5.07. The Kier molecular flexibility index (Phi) is 4.28. The summed E-state index contributed by atoms with van der Waals surface area (Å²) in [5.41, 5.74) is 0.504. The minimum atomic E-state index is -4.14. The number of alkyl halides is 3. The van der Waals surface area contributed by atoms with Gasteiger partial charge in [-0.25, -0.2) is 0 Å². The average molecular weight is 303 g/mol. The van der Waals surface area contributed by atoms with E-state index in [0.29, 0.717) is 10.7 Å². The molecule has 0 bridgehead atoms. The van der Waals surface area contributed by atoms with Crippen molar-refractivity contribution in [2.75, 3.05) is 11.9 Å². The molecule has 0 atom stereocenters. The lowest BCUT2D eigenvalue weighted by atomic mass is 10.3. The Morgan fingerprint density at radius 3 is 2.53 bits per heavy atom. The summed E-state index contributed by atoms with van der Waals surface area (Å²) in [7, 11) is 0. The third-order valence-corrected chi connectivity index (χ3v) is 2.46. The fourth-order valence-electron chi connectivity index (χ4n) is 0.972. The minimum absolute atomic E-state index is 0.176. The lowest BCUT2D eigenvalue weighted by Crippen LogP contribution is -2.14. The zero-order valence-electron chi connectivity index (χ0n) is 7.54. The van der Waals surface area contributed by atoms with Crippen LogP contribution in [0.5, 0.6) is 0 Å². The van der Waals surface area contributed by atoms with E-state index in [-0.39, 0.29) is 6.54 Å². The molecule has 84 valence electrons. The highest BCUT2D eigenvalue weighted by Gasteiger charge is 2.26. The zero-order valence-corrected chi connectivity index (χ0v) is 9.88. The summed E-state index contributed by atoms with van der Waals surface area (Å²) in [6, 6.07) is 4.96. The predicted molar refractivity (Wildman–Crippen MR) is 58.3 cm³/mol. The van der Waals surface area contributed by atoms with Gasteiger partial charge in [-0.3, -0.25) is 0 Å².